The molecular formula is C6H12O6. The quantitative estimate of drug-likeness (QED) is 0.306. The van der Waals surface area contributed by atoms with Crippen molar-refractivity contribution in [3.63, 3.8) is 0 Å². The van der Waals surface area contributed by atoms with Crippen LogP contribution in [0.15, 0.2) is 0 Å². The number of hydrogen-bond donors (Lipinski definition) is 5. The van der Waals surface area contributed by atoms with Crippen LogP contribution in [0.1, 0.15) is 0 Å². The highest BCUT2D eigenvalue weighted by Crippen LogP contribution is 2.21. The van der Waals surface area contributed by atoms with Crippen LogP contribution in [0.5, 0.6) is 0 Å². The van der Waals surface area contributed by atoms with Crippen LogP contribution in [0.3, 0.4) is 0 Å². The lowest BCUT2D eigenvalue weighted by Gasteiger charge is -2.18. The van der Waals surface area contributed by atoms with Crippen LogP contribution in [0, 0.1) is 0 Å². The molecule has 0 bridgehead atoms. The summed E-state index contributed by atoms with van der Waals surface area (Å²) in [5, 5.41) is 44.4. The Kier molecular flexibility index (Phi) is 2.99. The number of ether oxygens (including phenoxy) is 1. The van der Waals surface area contributed by atoms with Gasteiger partial charge in [-0.05, 0) is 0 Å². The number of rotatable bonds is 2. The zero-order chi connectivity index (χ0) is 9.30. The van der Waals surface area contributed by atoms with Gasteiger partial charge in [0, 0.05) is 0 Å². The minimum atomic E-state index is -1.51. The van der Waals surface area contributed by atoms with E-state index in [9.17, 15) is 0 Å². The molecule has 0 spiro atoms. The Morgan fingerprint density at radius 3 is 2.08 bits per heavy atom. The molecule has 1 heterocycles. The van der Waals surface area contributed by atoms with E-state index in [1.807, 2.05) is 0 Å². The Labute approximate surface area is 68.6 Å². The minimum absolute atomic E-state index is 0.596. The normalized spacial score (nSPS) is 44.8. The first-order valence-corrected chi connectivity index (χ1v) is 3.56. The fraction of sp³-hybridized carbons (Fsp3) is 1.00. The third-order valence-corrected chi connectivity index (χ3v) is 1.84. The first kappa shape index (κ1) is 9.85. The van der Waals surface area contributed by atoms with Gasteiger partial charge in [-0.1, -0.05) is 0 Å². The van der Waals surface area contributed by atoms with Crippen molar-refractivity contribution in [2.24, 2.45) is 0 Å². The van der Waals surface area contributed by atoms with Crippen LogP contribution in [0.2, 0.25) is 0 Å². The smallest absolute Gasteiger partial charge is 0.184 e. The van der Waals surface area contributed by atoms with Crippen molar-refractivity contribution in [3.05, 3.63) is 0 Å². The molecule has 1 fully saturated rings. The van der Waals surface area contributed by atoms with E-state index in [0.29, 0.717) is 0 Å². The lowest BCUT2D eigenvalue weighted by Crippen LogP contribution is -2.40. The van der Waals surface area contributed by atoms with E-state index >= 15 is 0 Å². The van der Waals surface area contributed by atoms with Gasteiger partial charge in [-0.15, -0.1) is 0 Å². The number of hydrogen-bond acceptors (Lipinski definition) is 6. The monoisotopic (exact) mass is 180 g/mol. The summed E-state index contributed by atoms with van der Waals surface area (Å²) < 4.78 is 4.58. The molecule has 0 radical (unpaired) electrons. The third-order valence-electron chi connectivity index (χ3n) is 1.84. The highest BCUT2D eigenvalue weighted by Gasteiger charge is 2.44. The second-order valence-electron chi connectivity index (χ2n) is 2.72. The van der Waals surface area contributed by atoms with Crippen LogP contribution < -0.4 is 0 Å². The SMILES string of the molecule is OC[C@H](O)[C@@H]1O[C@@H](O)C(O)[C@H]1O. The fourth-order valence-corrected chi connectivity index (χ4v) is 1.11. The van der Waals surface area contributed by atoms with Crippen molar-refractivity contribution in [2.45, 2.75) is 30.7 Å². The molecule has 0 amide bonds. The van der Waals surface area contributed by atoms with Crippen LogP contribution in [-0.2, 0) is 4.74 Å². The number of aliphatic hydroxyl groups is 5. The maximum absolute atomic E-state index is 9.12. The molecule has 6 nitrogen and oxygen atoms in total. The molecule has 1 unspecified atom stereocenters. The van der Waals surface area contributed by atoms with Crippen molar-refractivity contribution < 1.29 is 30.3 Å². The Balaban J connectivity index is 2.58. The Morgan fingerprint density at radius 1 is 1.17 bits per heavy atom. The predicted octanol–water partition coefficient (Wildman–Crippen LogP) is -3.22. The van der Waals surface area contributed by atoms with Crippen LogP contribution in [0.4, 0.5) is 0 Å². The average molecular weight is 180 g/mol. The molecular weight excluding hydrogens is 168 g/mol. The highest BCUT2D eigenvalue weighted by atomic mass is 16.6. The van der Waals surface area contributed by atoms with Crippen LogP contribution in [0.25, 0.3) is 0 Å². The van der Waals surface area contributed by atoms with E-state index in [4.69, 9.17) is 25.5 Å². The van der Waals surface area contributed by atoms with Gasteiger partial charge >= 0.3 is 0 Å². The highest BCUT2D eigenvalue weighted by molar-refractivity contribution is 4.89. The van der Waals surface area contributed by atoms with E-state index in [2.05, 4.69) is 4.74 Å². The first-order chi connectivity index (χ1) is 5.57. The molecule has 5 atom stereocenters. The van der Waals surface area contributed by atoms with E-state index in [1.165, 1.54) is 0 Å². The lowest BCUT2D eigenvalue weighted by atomic mass is 10.1. The van der Waals surface area contributed by atoms with Gasteiger partial charge in [0.2, 0.25) is 0 Å². The summed E-state index contributed by atoms with van der Waals surface area (Å²) in [6.07, 6.45) is -6.75. The van der Waals surface area contributed by atoms with E-state index in [1.54, 1.807) is 0 Å². The molecule has 0 aromatic rings. The van der Waals surface area contributed by atoms with Gasteiger partial charge < -0.3 is 30.3 Å². The molecule has 0 aliphatic carbocycles. The zero-order valence-corrected chi connectivity index (χ0v) is 6.24. The predicted molar refractivity (Wildman–Crippen MR) is 36.0 cm³/mol. The summed E-state index contributed by atoms with van der Waals surface area (Å²) in [5.74, 6) is 0. The van der Waals surface area contributed by atoms with Crippen molar-refractivity contribution in [1.29, 1.82) is 0 Å². The van der Waals surface area contributed by atoms with Gasteiger partial charge in [-0.3, -0.25) is 0 Å². The second kappa shape index (κ2) is 3.65. The molecule has 0 aromatic carbocycles. The maximum Gasteiger partial charge on any atom is 0.184 e. The minimum Gasteiger partial charge on any atom is -0.394 e. The zero-order valence-electron chi connectivity index (χ0n) is 6.24. The molecule has 1 aliphatic rings. The molecule has 1 saturated heterocycles. The molecule has 1 aliphatic heterocycles. The topological polar surface area (TPSA) is 110 Å². The van der Waals surface area contributed by atoms with E-state index < -0.39 is 37.3 Å². The van der Waals surface area contributed by atoms with Crippen molar-refractivity contribution >= 4 is 0 Å². The largest absolute Gasteiger partial charge is 0.394 e. The molecule has 72 valence electrons. The third kappa shape index (κ3) is 1.58. The lowest BCUT2D eigenvalue weighted by molar-refractivity contribution is -0.150. The molecule has 0 aromatic heterocycles. The van der Waals surface area contributed by atoms with E-state index in [0.717, 1.165) is 0 Å². The summed E-state index contributed by atoms with van der Waals surface area (Å²) in [4.78, 5) is 0. The fourth-order valence-electron chi connectivity index (χ4n) is 1.11. The Hall–Kier alpha value is -0.240. The van der Waals surface area contributed by atoms with Crippen LogP contribution in [-0.4, -0.2) is 62.8 Å². The van der Waals surface area contributed by atoms with Crippen molar-refractivity contribution in [2.75, 3.05) is 6.61 Å². The summed E-state index contributed by atoms with van der Waals surface area (Å²) >= 11 is 0. The molecule has 5 N–H and O–H groups in total. The number of aliphatic hydroxyl groups excluding tert-OH is 5. The van der Waals surface area contributed by atoms with Gasteiger partial charge in [0.1, 0.15) is 24.4 Å². The molecule has 0 saturated carbocycles. The summed E-state index contributed by atoms with van der Waals surface area (Å²) in [6, 6.07) is 0. The van der Waals surface area contributed by atoms with Crippen LogP contribution >= 0.6 is 0 Å². The summed E-state index contributed by atoms with van der Waals surface area (Å²) in [5.41, 5.74) is 0. The second-order valence-corrected chi connectivity index (χ2v) is 2.72. The summed E-state index contributed by atoms with van der Waals surface area (Å²) in [6.45, 7) is -0.596. The van der Waals surface area contributed by atoms with Gasteiger partial charge in [0.25, 0.3) is 0 Å². The average Bonchev–Trinajstić information content (AvgIpc) is 2.32. The Bertz CT molecular complexity index is 151. The molecule has 1 rings (SSSR count). The van der Waals surface area contributed by atoms with Gasteiger partial charge in [-0.2, -0.15) is 0 Å². The summed E-state index contributed by atoms with van der Waals surface area (Å²) in [7, 11) is 0. The molecule has 6 heteroatoms. The van der Waals surface area contributed by atoms with Crippen molar-refractivity contribution in [1.82, 2.24) is 0 Å². The van der Waals surface area contributed by atoms with Gasteiger partial charge in [-0.25, -0.2) is 0 Å². The van der Waals surface area contributed by atoms with Crippen molar-refractivity contribution in [3.8, 4) is 0 Å². The maximum atomic E-state index is 9.12. The standard InChI is InChI=1S/C6H12O6/c7-1-2(8)5-3(9)4(10)6(11)12-5/h2-11H,1H2/t2-,3+,4?,5-,6+/m0/s1. The van der Waals surface area contributed by atoms with E-state index in [-0.39, 0.29) is 0 Å². The molecule has 12 heavy (non-hydrogen) atoms. The Morgan fingerprint density at radius 2 is 1.75 bits per heavy atom. The first-order valence-electron chi connectivity index (χ1n) is 3.56. The van der Waals surface area contributed by atoms with Gasteiger partial charge in [0.15, 0.2) is 6.29 Å². The van der Waals surface area contributed by atoms with Gasteiger partial charge in [0.05, 0.1) is 6.61 Å².